The predicted molar refractivity (Wildman–Crippen MR) is 45.8 cm³/mol. The zero-order valence-corrected chi connectivity index (χ0v) is 8.05. The van der Waals surface area contributed by atoms with Gasteiger partial charge in [-0.25, -0.2) is 8.42 Å². The summed E-state index contributed by atoms with van der Waals surface area (Å²) < 4.78 is 21.8. The van der Waals surface area contributed by atoms with E-state index < -0.39 is 15.7 Å². The molecule has 1 amide bonds. The van der Waals surface area contributed by atoms with Gasteiger partial charge in [0.25, 0.3) is 5.91 Å². The van der Waals surface area contributed by atoms with E-state index in [4.69, 9.17) is 5.73 Å². The highest BCUT2D eigenvalue weighted by Crippen LogP contribution is 2.03. The number of rotatable bonds is 3. The lowest BCUT2D eigenvalue weighted by Crippen LogP contribution is -2.22. The van der Waals surface area contributed by atoms with Crippen molar-refractivity contribution in [3.63, 3.8) is 0 Å². The molecule has 0 atom stereocenters. The third-order valence-electron chi connectivity index (χ3n) is 1.02. The number of nitrogens with zero attached hydrogens (tertiary/aromatic N) is 1. The number of nitrogens with two attached hydrogens (primary N) is 1. The molecule has 0 spiro atoms. The maximum absolute atomic E-state index is 10.9. The first kappa shape index (κ1) is 11.0. The zero-order chi connectivity index (χ0) is 9.94. The van der Waals surface area contributed by atoms with Crippen molar-refractivity contribution in [2.75, 3.05) is 20.4 Å². The van der Waals surface area contributed by atoms with Gasteiger partial charge in [-0.05, 0) is 0 Å². The van der Waals surface area contributed by atoms with Crippen LogP contribution in [0.15, 0.2) is 11.1 Å². The van der Waals surface area contributed by atoms with Crippen LogP contribution >= 0.6 is 0 Å². The zero-order valence-electron chi connectivity index (χ0n) is 7.23. The Morgan fingerprint density at radius 2 is 1.83 bits per heavy atom. The molecule has 0 bridgehead atoms. The number of hydrogen-bond acceptors (Lipinski definition) is 4. The van der Waals surface area contributed by atoms with Crippen LogP contribution in [0.3, 0.4) is 0 Å². The Morgan fingerprint density at radius 1 is 1.42 bits per heavy atom. The van der Waals surface area contributed by atoms with Gasteiger partial charge in [-0.3, -0.25) is 4.79 Å². The normalized spacial score (nSPS) is 12.8. The average molecular weight is 192 g/mol. The molecule has 2 N–H and O–H groups in total. The number of primary amides is 1. The number of amides is 1. The molecule has 0 aromatic carbocycles. The summed E-state index contributed by atoms with van der Waals surface area (Å²) in [6.07, 6.45) is 2.12. The largest absolute Gasteiger partial charge is 0.382 e. The van der Waals surface area contributed by atoms with Crippen molar-refractivity contribution in [3.8, 4) is 0 Å². The molecule has 0 aromatic heterocycles. The Balaban J connectivity index is 5.09. The summed E-state index contributed by atoms with van der Waals surface area (Å²) in [5.74, 6) is -0.939. The molecule has 6 heteroatoms. The van der Waals surface area contributed by atoms with E-state index in [2.05, 4.69) is 0 Å². The summed E-state index contributed by atoms with van der Waals surface area (Å²) >= 11 is 0. The van der Waals surface area contributed by atoms with E-state index >= 15 is 0 Å². The third kappa shape index (κ3) is 3.38. The highest BCUT2D eigenvalue weighted by Gasteiger charge is 2.17. The third-order valence-corrected chi connectivity index (χ3v) is 2.12. The highest BCUT2D eigenvalue weighted by molar-refractivity contribution is 7.95. The lowest BCUT2D eigenvalue weighted by Gasteiger charge is -2.07. The van der Waals surface area contributed by atoms with Crippen molar-refractivity contribution in [1.29, 1.82) is 0 Å². The minimum absolute atomic E-state index is 0.382. The standard InChI is InChI=1S/C6H12N2O3S/c1-8(2)4-5(6(7)9)12(3,10)11/h4H,1-3H3,(H2,7,9)/b5-4+. The van der Waals surface area contributed by atoms with Crippen LogP contribution in [0.4, 0.5) is 0 Å². The van der Waals surface area contributed by atoms with Crippen molar-refractivity contribution in [2.24, 2.45) is 5.73 Å². The molecule has 0 heterocycles. The minimum atomic E-state index is -3.51. The first-order valence-electron chi connectivity index (χ1n) is 3.13. The van der Waals surface area contributed by atoms with Gasteiger partial charge in [0.2, 0.25) is 0 Å². The fourth-order valence-corrected chi connectivity index (χ4v) is 1.34. The van der Waals surface area contributed by atoms with Crippen molar-refractivity contribution in [1.82, 2.24) is 4.90 Å². The van der Waals surface area contributed by atoms with Crippen molar-refractivity contribution in [3.05, 3.63) is 11.1 Å². The molecule has 0 saturated heterocycles. The molecule has 70 valence electrons. The van der Waals surface area contributed by atoms with Gasteiger partial charge in [0.15, 0.2) is 9.84 Å². The van der Waals surface area contributed by atoms with E-state index in [0.29, 0.717) is 0 Å². The van der Waals surface area contributed by atoms with Crippen LogP contribution in [0, 0.1) is 0 Å². The van der Waals surface area contributed by atoms with Crippen molar-refractivity contribution >= 4 is 15.7 Å². The molecule has 0 aliphatic carbocycles. The van der Waals surface area contributed by atoms with Crippen LogP contribution in [0.5, 0.6) is 0 Å². The predicted octanol–water partition coefficient (Wildman–Crippen LogP) is -1.08. The average Bonchev–Trinajstić information content (AvgIpc) is 1.79. The minimum Gasteiger partial charge on any atom is -0.382 e. The van der Waals surface area contributed by atoms with E-state index in [1.165, 1.54) is 11.1 Å². The van der Waals surface area contributed by atoms with Gasteiger partial charge < -0.3 is 10.6 Å². The van der Waals surface area contributed by atoms with Gasteiger partial charge in [-0.1, -0.05) is 0 Å². The van der Waals surface area contributed by atoms with E-state index in [0.717, 1.165) is 6.26 Å². The molecule has 0 fully saturated rings. The van der Waals surface area contributed by atoms with Crippen LogP contribution in [-0.2, 0) is 14.6 Å². The lowest BCUT2D eigenvalue weighted by atomic mass is 10.5. The summed E-state index contributed by atoms with van der Waals surface area (Å²) in [4.78, 5) is 11.7. The number of hydrogen-bond donors (Lipinski definition) is 1. The Bertz CT molecular complexity index is 303. The van der Waals surface area contributed by atoms with Crippen LogP contribution in [0.2, 0.25) is 0 Å². The molecular weight excluding hydrogens is 180 g/mol. The van der Waals surface area contributed by atoms with Crippen molar-refractivity contribution in [2.45, 2.75) is 0 Å². The molecule has 5 nitrogen and oxygen atoms in total. The van der Waals surface area contributed by atoms with Gasteiger partial charge in [-0.2, -0.15) is 0 Å². The fraction of sp³-hybridized carbons (Fsp3) is 0.500. The van der Waals surface area contributed by atoms with Gasteiger partial charge in [0.05, 0.1) is 0 Å². The topological polar surface area (TPSA) is 80.5 Å². The molecule has 0 aliphatic heterocycles. The van der Waals surface area contributed by atoms with Gasteiger partial charge in [-0.15, -0.1) is 0 Å². The van der Waals surface area contributed by atoms with Gasteiger partial charge >= 0.3 is 0 Å². The Labute approximate surface area is 71.8 Å². The van der Waals surface area contributed by atoms with Gasteiger partial charge in [0.1, 0.15) is 4.91 Å². The highest BCUT2D eigenvalue weighted by atomic mass is 32.2. The first-order valence-corrected chi connectivity index (χ1v) is 5.02. The summed E-state index contributed by atoms with van der Waals surface area (Å²) in [6.45, 7) is 0. The Hall–Kier alpha value is -1.04. The molecule has 0 radical (unpaired) electrons. The maximum atomic E-state index is 10.9. The Kier molecular flexibility index (Phi) is 3.26. The van der Waals surface area contributed by atoms with E-state index in [1.807, 2.05) is 0 Å². The van der Waals surface area contributed by atoms with Crippen LogP contribution in [0.25, 0.3) is 0 Å². The smallest absolute Gasteiger partial charge is 0.261 e. The number of carbonyl (C=O) groups is 1. The Morgan fingerprint density at radius 3 is 1.92 bits per heavy atom. The fourth-order valence-electron chi connectivity index (χ4n) is 0.577. The summed E-state index contributed by atoms with van der Waals surface area (Å²) in [7, 11) is -0.304. The molecular formula is C6H12N2O3S. The van der Waals surface area contributed by atoms with Crippen LogP contribution in [0.1, 0.15) is 0 Å². The first-order chi connectivity index (χ1) is 5.25. The molecule has 12 heavy (non-hydrogen) atoms. The quantitative estimate of drug-likeness (QED) is 0.577. The molecule has 0 rings (SSSR count). The monoisotopic (exact) mass is 192 g/mol. The second kappa shape index (κ2) is 3.57. The molecule has 0 saturated carbocycles. The maximum Gasteiger partial charge on any atom is 0.261 e. The van der Waals surface area contributed by atoms with Crippen LogP contribution in [-0.4, -0.2) is 39.6 Å². The van der Waals surface area contributed by atoms with E-state index in [9.17, 15) is 13.2 Å². The van der Waals surface area contributed by atoms with Crippen molar-refractivity contribution < 1.29 is 13.2 Å². The summed E-state index contributed by atoms with van der Waals surface area (Å²) in [5, 5.41) is 0. The van der Waals surface area contributed by atoms with E-state index in [-0.39, 0.29) is 4.91 Å². The summed E-state index contributed by atoms with van der Waals surface area (Å²) in [5.41, 5.74) is 4.86. The second-order valence-electron chi connectivity index (χ2n) is 2.59. The van der Waals surface area contributed by atoms with Gasteiger partial charge in [0, 0.05) is 26.6 Å². The lowest BCUT2D eigenvalue weighted by molar-refractivity contribution is -0.114. The number of sulfone groups is 1. The summed E-state index contributed by atoms with van der Waals surface area (Å²) in [6, 6.07) is 0. The van der Waals surface area contributed by atoms with E-state index in [1.54, 1.807) is 14.1 Å². The number of carbonyl (C=O) groups excluding carboxylic acids is 1. The molecule has 0 aromatic rings. The molecule has 0 unspecified atom stereocenters. The molecule has 0 aliphatic rings. The van der Waals surface area contributed by atoms with Crippen LogP contribution < -0.4 is 5.73 Å². The SMILES string of the molecule is CN(C)/C=C(\C(N)=O)S(C)(=O)=O. The second-order valence-corrected chi connectivity index (χ2v) is 4.58.